The molecule has 2 aromatic rings. The Morgan fingerprint density at radius 2 is 1.62 bits per heavy atom. The van der Waals surface area contributed by atoms with Gasteiger partial charge in [-0.2, -0.15) is 0 Å². The van der Waals surface area contributed by atoms with Gasteiger partial charge in [-0.25, -0.2) is 0 Å². The number of amides is 2. The number of hydrogen-bond donors (Lipinski definition) is 2. The Balaban J connectivity index is 1.92. The van der Waals surface area contributed by atoms with Crippen molar-refractivity contribution >= 4 is 23.4 Å². The van der Waals surface area contributed by atoms with Crippen molar-refractivity contribution in [2.75, 3.05) is 7.11 Å². The van der Waals surface area contributed by atoms with Crippen LogP contribution >= 0.6 is 11.6 Å². The van der Waals surface area contributed by atoms with E-state index in [4.69, 9.17) is 21.1 Å². The molecular weight excluding hydrogens is 332 g/mol. The minimum absolute atomic E-state index is 0.262. The monoisotopic (exact) mass is 348 g/mol. The van der Waals surface area contributed by atoms with Gasteiger partial charge < -0.3 is 9.47 Å². The van der Waals surface area contributed by atoms with Crippen LogP contribution in [0.15, 0.2) is 48.5 Å². The van der Waals surface area contributed by atoms with Crippen LogP contribution in [-0.2, 0) is 4.79 Å². The molecule has 2 rings (SSSR count). The molecule has 1 atom stereocenters. The lowest BCUT2D eigenvalue weighted by atomic mass is 10.2. The van der Waals surface area contributed by atoms with E-state index < -0.39 is 17.9 Å². The summed E-state index contributed by atoms with van der Waals surface area (Å²) in [4.78, 5) is 24.0. The van der Waals surface area contributed by atoms with Gasteiger partial charge in [0.15, 0.2) is 17.6 Å². The molecule has 0 aromatic heterocycles. The summed E-state index contributed by atoms with van der Waals surface area (Å²) in [6, 6.07) is 13.5. The van der Waals surface area contributed by atoms with Crippen LogP contribution in [0.25, 0.3) is 0 Å². The fraction of sp³-hybridized carbons (Fsp3) is 0.176. The van der Waals surface area contributed by atoms with Crippen molar-refractivity contribution in [2.45, 2.75) is 13.0 Å². The normalized spacial score (nSPS) is 11.3. The third-order valence-corrected chi connectivity index (χ3v) is 3.49. The SMILES string of the molecule is COc1ccccc1OC(C)C(=O)NNC(=O)c1ccccc1Cl. The van der Waals surface area contributed by atoms with Crippen LogP contribution < -0.4 is 20.3 Å². The predicted octanol–water partition coefficient (Wildman–Crippen LogP) is 2.58. The van der Waals surface area contributed by atoms with E-state index in [1.807, 2.05) is 0 Å². The zero-order chi connectivity index (χ0) is 17.5. The predicted molar refractivity (Wildman–Crippen MR) is 90.1 cm³/mol. The zero-order valence-corrected chi connectivity index (χ0v) is 14.0. The van der Waals surface area contributed by atoms with E-state index in [2.05, 4.69) is 10.9 Å². The second-order valence-electron chi connectivity index (χ2n) is 4.83. The maximum absolute atomic E-state index is 12.0. The van der Waals surface area contributed by atoms with Crippen LogP contribution in [-0.4, -0.2) is 25.0 Å². The van der Waals surface area contributed by atoms with Gasteiger partial charge in [-0.05, 0) is 31.2 Å². The van der Waals surface area contributed by atoms with Gasteiger partial charge in [0.1, 0.15) is 0 Å². The number of carbonyl (C=O) groups excluding carboxylic acids is 2. The number of carbonyl (C=O) groups is 2. The summed E-state index contributed by atoms with van der Waals surface area (Å²) in [6.07, 6.45) is -0.840. The fourth-order valence-corrected chi connectivity index (χ4v) is 2.11. The van der Waals surface area contributed by atoms with Crippen LogP contribution in [0.3, 0.4) is 0 Å². The zero-order valence-electron chi connectivity index (χ0n) is 13.2. The number of hydrogen-bond acceptors (Lipinski definition) is 4. The van der Waals surface area contributed by atoms with Crippen molar-refractivity contribution in [3.05, 3.63) is 59.1 Å². The second-order valence-corrected chi connectivity index (χ2v) is 5.24. The highest BCUT2D eigenvalue weighted by Gasteiger charge is 2.18. The summed E-state index contributed by atoms with van der Waals surface area (Å²) < 4.78 is 10.7. The Morgan fingerprint density at radius 3 is 2.29 bits per heavy atom. The minimum Gasteiger partial charge on any atom is -0.493 e. The van der Waals surface area contributed by atoms with Gasteiger partial charge in [-0.3, -0.25) is 20.4 Å². The molecule has 0 saturated carbocycles. The van der Waals surface area contributed by atoms with Gasteiger partial charge in [0.25, 0.3) is 11.8 Å². The molecule has 2 aromatic carbocycles. The molecule has 0 heterocycles. The molecule has 0 aliphatic heterocycles. The fourth-order valence-electron chi connectivity index (χ4n) is 1.89. The Hall–Kier alpha value is -2.73. The van der Waals surface area contributed by atoms with Gasteiger partial charge in [0.2, 0.25) is 0 Å². The molecule has 2 N–H and O–H groups in total. The van der Waals surface area contributed by atoms with E-state index in [9.17, 15) is 9.59 Å². The van der Waals surface area contributed by atoms with Crippen molar-refractivity contribution in [3.8, 4) is 11.5 Å². The van der Waals surface area contributed by atoms with Crippen molar-refractivity contribution in [1.82, 2.24) is 10.9 Å². The van der Waals surface area contributed by atoms with Crippen LogP contribution in [0.4, 0.5) is 0 Å². The lowest BCUT2D eigenvalue weighted by Crippen LogP contribution is -2.47. The summed E-state index contributed by atoms with van der Waals surface area (Å²) in [5, 5.41) is 0.294. The third kappa shape index (κ3) is 4.39. The molecular formula is C17H17ClN2O4. The smallest absolute Gasteiger partial charge is 0.279 e. The number of methoxy groups -OCH3 is 1. The van der Waals surface area contributed by atoms with Gasteiger partial charge in [0, 0.05) is 0 Å². The first-order chi connectivity index (χ1) is 11.5. The maximum atomic E-state index is 12.0. The molecule has 7 heteroatoms. The molecule has 0 aliphatic carbocycles. The molecule has 1 unspecified atom stereocenters. The summed E-state index contributed by atoms with van der Waals surface area (Å²) in [5.41, 5.74) is 4.87. The molecule has 6 nitrogen and oxygen atoms in total. The number of para-hydroxylation sites is 2. The van der Waals surface area contributed by atoms with Crippen molar-refractivity contribution < 1.29 is 19.1 Å². The summed E-state index contributed by atoms with van der Waals surface area (Å²) in [6.45, 7) is 1.56. The van der Waals surface area contributed by atoms with Crippen molar-refractivity contribution in [3.63, 3.8) is 0 Å². The number of rotatable bonds is 5. The Morgan fingerprint density at radius 1 is 1.00 bits per heavy atom. The standard InChI is InChI=1S/C17H17ClN2O4/c1-11(24-15-10-6-5-9-14(15)23-2)16(21)19-20-17(22)12-7-3-4-8-13(12)18/h3-11H,1-2H3,(H,19,21)(H,20,22). The number of benzene rings is 2. The first-order valence-corrected chi connectivity index (χ1v) is 7.55. The number of nitrogens with one attached hydrogen (secondary N) is 2. The van der Waals surface area contributed by atoms with Crippen LogP contribution in [0.1, 0.15) is 17.3 Å². The van der Waals surface area contributed by atoms with Crippen molar-refractivity contribution in [2.24, 2.45) is 0 Å². The largest absolute Gasteiger partial charge is 0.493 e. The highest BCUT2D eigenvalue weighted by atomic mass is 35.5. The molecule has 24 heavy (non-hydrogen) atoms. The molecule has 0 saturated heterocycles. The highest BCUT2D eigenvalue weighted by Crippen LogP contribution is 2.26. The van der Waals surface area contributed by atoms with E-state index in [0.29, 0.717) is 16.5 Å². The number of hydrazine groups is 1. The number of ether oxygens (including phenoxy) is 2. The summed E-state index contributed by atoms with van der Waals surface area (Å²) >= 11 is 5.93. The van der Waals surface area contributed by atoms with Crippen LogP contribution in [0.5, 0.6) is 11.5 Å². The lowest BCUT2D eigenvalue weighted by Gasteiger charge is -2.17. The molecule has 0 radical (unpaired) electrons. The molecule has 2 amide bonds. The molecule has 0 fully saturated rings. The van der Waals surface area contributed by atoms with E-state index >= 15 is 0 Å². The van der Waals surface area contributed by atoms with Crippen LogP contribution in [0, 0.1) is 0 Å². The average molecular weight is 349 g/mol. The molecule has 0 aliphatic rings. The van der Waals surface area contributed by atoms with E-state index in [1.165, 1.54) is 7.11 Å². The average Bonchev–Trinajstić information content (AvgIpc) is 2.60. The Bertz CT molecular complexity index is 736. The van der Waals surface area contributed by atoms with Gasteiger partial charge in [0.05, 0.1) is 17.7 Å². The van der Waals surface area contributed by atoms with Gasteiger partial charge in [-0.15, -0.1) is 0 Å². The maximum Gasteiger partial charge on any atom is 0.279 e. The number of halogens is 1. The van der Waals surface area contributed by atoms with Gasteiger partial charge in [-0.1, -0.05) is 35.9 Å². The lowest BCUT2D eigenvalue weighted by molar-refractivity contribution is -0.128. The third-order valence-electron chi connectivity index (χ3n) is 3.16. The summed E-state index contributed by atoms with van der Waals surface area (Å²) in [7, 11) is 1.51. The topological polar surface area (TPSA) is 76.7 Å². The molecule has 126 valence electrons. The summed E-state index contributed by atoms with van der Waals surface area (Å²) in [5.74, 6) is -0.0860. The van der Waals surface area contributed by atoms with Crippen molar-refractivity contribution in [1.29, 1.82) is 0 Å². The second kappa shape index (κ2) is 8.21. The Labute approximate surface area is 144 Å². The van der Waals surface area contributed by atoms with E-state index in [1.54, 1.807) is 55.5 Å². The van der Waals surface area contributed by atoms with E-state index in [0.717, 1.165) is 0 Å². The Kier molecular flexibility index (Phi) is 6.03. The minimum atomic E-state index is -0.840. The first-order valence-electron chi connectivity index (χ1n) is 7.17. The van der Waals surface area contributed by atoms with Crippen LogP contribution in [0.2, 0.25) is 5.02 Å². The quantitative estimate of drug-likeness (QED) is 0.814. The molecule has 0 spiro atoms. The molecule has 0 bridgehead atoms. The first kappa shape index (κ1) is 17.6. The van der Waals surface area contributed by atoms with Gasteiger partial charge >= 0.3 is 0 Å². The highest BCUT2D eigenvalue weighted by molar-refractivity contribution is 6.33. The van der Waals surface area contributed by atoms with E-state index in [-0.39, 0.29) is 5.56 Å².